The number of rotatable bonds is 2. The lowest BCUT2D eigenvalue weighted by Gasteiger charge is -2.06. The maximum atomic E-state index is 11.9. The summed E-state index contributed by atoms with van der Waals surface area (Å²) in [6.07, 6.45) is 1.59. The van der Waals surface area contributed by atoms with Crippen LogP contribution in [0.2, 0.25) is 0 Å². The van der Waals surface area contributed by atoms with E-state index in [-0.39, 0.29) is 11.7 Å². The van der Waals surface area contributed by atoms with E-state index in [2.05, 4.69) is 26.2 Å². The molecule has 92 valence electrons. The average Bonchev–Trinajstić information content (AvgIpc) is 2.35. The Morgan fingerprint density at radius 1 is 1.33 bits per heavy atom. The molecule has 1 aromatic heterocycles. The van der Waals surface area contributed by atoms with E-state index < -0.39 is 0 Å². The van der Waals surface area contributed by atoms with Gasteiger partial charge in [0, 0.05) is 11.3 Å². The first kappa shape index (κ1) is 12.6. The first-order chi connectivity index (χ1) is 8.56. The van der Waals surface area contributed by atoms with E-state index >= 15 is 0 Å². The van der Waals surface area contributed by atoms with Crippen LogP contribution in [0, 0.1) is 6.92 Å². The van der Waals surface area contributed by atoms with Gasteiger partial charge in [0.05, 0.1) is 16.4 Å². The first-order valence-electron chi connectivity index (χ1n) is 5.29. The number of benzene rings is 1. The van der Waals surface area contributed by atoms with Gasteiger partial charge in [0.25, 0.3) is 5.91 Å². The Balaban J connectivity index is 2.16. The van der Waals surface area contributed by atoms with Crippen molar-refractivity contribution in [3.05, 3.63) is 52.3 Å². The standard InChI is InChI=1S/C13H11BrN2O2/c1-8-2-4-10(7-15-8)16-13(18)9-3-5-11(14)12(17)6-9/h2-7,17H,1H3,(H,16,18). The Kier molecular flexibility index (Phi) is 3.62. The summed E-state index contributed by atoms with van der Waals surface area (Å²) in [6.45, 7) is 1.87. The van der Waals surface area contributed by atoms with E-state index in [4.69, 9.17) is 0 Å². The third kappa shape index (κ3) is 2.87. The van der Waals surface area contributed by atoms with E-state index in [0.29, 0.717) is 15.7 Å². The normalized spacial score (nSPS) is 10.1. The van der Waals surface area contributed by atoms with Gasteiger partial charge in [0.15, 0.2) is 0 Å². The van der Waals surface area contributed by atoms with Crippen LogP contribution in [0.15, 0.2) is 41.0 Å². The molecule has 0 saturated heterocycles. The second kappa shape index (κ2) is 5.18. The number of hydrogen-bond donors (Lipinski definition) is 2. The molecule has 2 N–H and O–H groups in total. The van der Waals surface area contributed by atoms with E-state index in [0.717, 1.165) is 5.69 Å². The fourth-order valence-electron chi connectivity index (χ4n) is 1.40. The summed E-state index contributed by atoms with van der Waals surface area (Å²) in [5.41, 5.74) is 1.89. The molecule has 0 aliphatic heterocycles. The molecule has 0 bridgehead atoms. The van der Waals surface area contributed by atoms with Crippen molar-refractivity contribution in [1.29, 1.82) is 0 Å². The van der Waals surface area contributed by atoms with Crippen molar-refractivity contribution in [3.8, 4) is 5.75 Å². The second-order valence-corrected chi connectivity index (χ2v) is 4.66. The van der Waals surface area contributed by atoms with Crippen molar-refractivity contribution in [2.24, 2.45) is 0 Å². The molecule has 1 heterocycles. The Labute approximate surface area is 113 Å². The van der Waals surface area contributed by atoms with Crippen LogP contribution in [0.1, 0.15) is 16.1 Å². The minimum absolute atomic E-state index is 0.0321. The van der Waals surface area contributed by atoms with Crippen LogP contribution < -0.4 is 5.32 Å². The molecule has 4 nitrogen and oxygen atoms in total. The minimum atomic E-state index is -0.288. The molecule has 2 rings (SSSR count). The quantitative estimate of drug-likeness (QED) is 0.896. The smallest absolute Gasteiger partial charge is 0.255 e. The highest BCUT2D eigenvalue weighted by Gasteiger charge is 2.08. The van der Waals surface area contributed by atoms with Crippen LogP contribution in [0.4, 0.5) is 5.69 Å². The van der Waals surface area contributed by atoms with Crippen LogP contribution in [-0.2, 0) is 0 Å². The molecule has 0 unspecified atom stereocenters. The lowest BCUT2D eigenvalue weighted by Crippen LogP contribution is -2.11. The number of anilines is 1. The predicted octanol–water partition coefficient (Wildman–Crippen LogP) is 3.11. The van der Waals surface area contributed by atoms with Crippen molar-refractivity contribution in [2.45, 2.75) is 6.92 Å². The summed E-state index contributed by atoms with van der Waals surface area (Å²) in [7, 11) is 0. The molecule has 0 spiro atoms. The summed E-state index contributed by atoms with van der Waals surface area (Å²) < 4.78 is 0.552. The molecule has 18 heavy (non-hydrogen) atoms. The van der Waals surface area contributed by atoms with Crippen molar-refractivity contribution in [2.75, 3.05) is 5.32 Å². The van der Waals surface area contributed by atoms with Gasteiger partial charge in [-0.1, -0.05) is 0 Å². The molecule has 1 amide bonds. The molecule has 1 aromatic carbocycles. The zero-order valence-corrected chi connectivity index (χ0v) is 11.2. The fourth-order valence-corrected chi connectivity index (χ4v) is 1.65. The van der Waals surface area contributed by atoms with Crippen molar-refractivity contribution >= 4 is 27.5 Å². The van der Waals surface area contributed by atoms with Gasteiger partial charge in [-0.2, -0.15) is 0 Å². The van der Waals surface area contributed by atoms with Gasteiger partial charge in [-0.3, -0.25) is 9.78 Å². The Hall–Kier alpha value is -1.88. The summed E-state index contributed by atoms with van der Waals surface area (Å²) >= 11 is 3.16. The highest BCUT2D eigenvalue weighted by molar-refractivity contribution is 9.10. The summed E-state index contributed by atoms with van der Waals surface area (Å²) in [6, 6.07) is 8.24. The lowest BCUT2D eigenvalue weighted by atomic mass is 10.2. The minimum Gasteiger partial charge on any atom is -0.507 e. The van der Waals surface area contributed by atoms with E-state index in [1.807, 2.05) is 13.0 Å². The topological polar surface area (TPSA) is 62.2 Å². The number of aromatic nitrogens is 1. The number of pyridine rings is 1. The van der Waals surface area contributed by atoms with E-state index in [1.54, 1.807) is 24.4 Å². The van der Waals surface area contributed by atoms with Gasteiger partial charge >= 0.3 is 0 Å². The van der Waals surface area contributed by atoms with Crippen LogP contribution in [-0.4, -0.2) is 16.0 Å². The number of amides is 1. The molecular formula is C13H11BrN2O2. The van der Waals surface area contributed by atoms with Crippen molar-refractivity contribution < 1.29 is 9.90 Å². The molecule has 0 fully saturated rings. The zero-order valence-electron chi connectivity index (χ0n) is 9.64. The molecule has 5 heteroatoms. The highest BCUT2D eigenvalue weighted by Crippen LogP contribution is 2.24. The number of nitrogens with zero attached hydrogens (tertiary/aromatic N) is 1. The Morgan fingerprint density at radius 2 is 2.11 bits per heavy atom. The summed E-state index contributed by atoms with van der Waals surface area (Å²) in [4.78, 5) is 16.0. The number of hydrogen-bond acceptors (Lipinski definition) is 3. The molecule has 0 radical (unpaired) electrons. The first-order valence-corrected chi connectivity index (χ1v) is 6.08. The number of phenols is 1. The molecule has 0 aliphatic carbocycles. The van der Waals surface area contributed by atoms with Gasteiger partial charge in [0.2, 0.25) is 0 Å². The second-order valence-electron chi connectivity index (χ2n) is 3.81. The molecule has 0 saturated carbocycles. The maximum absolute atomic E-state index is 11.9. The lowest BCUT2D eigenvalue weighted by molar-refractivity contribution is 0.102. The largest absolute Gasteiger partial charge is 0.507 e. The van der Waals surface area contributed by atoms with Gasteiger partial charge in [-0.25, -0.2) is 0 Å². The molecule has 2 aromatic rings. The van der Waals surface area contributed by atoms with Crippen LogP contribution in [0.5, 0.6) is 5.75 Å². The van der Waals surface area contributed by atoms with E-state index in [9.17, 15) is 9.90 Å². The third-order valence-corrected chi connectivity index (χ3v) is 3.05. The number of carbonyl (C=O) groups excluding carboxylic acids is 1. The van der Waals surface area contributed by atoms with Crippen molar-refractivity contribution in [3.63, 3.8) is 0 Å². The number of aryl methyl sites for hydroxylation is 1. The van der Waals surface area contributed by atoms with E-state index in [1.165, 1.54) is 6.07 Å². The van der Waals surface area contributed by atoms with Gasteiger partial charge in [-0.15, -0.1) is 0 Å². The number of nitrogens with one attached hydrogen (secondary N) is 1. The predicted molar refractivity (Wildman–Crippen MR) is 72.7 cm³/mol. The van der Waals surface area contributed by atoms with Gasteiger partial charge in [0.1, 0.15) is 5.75 Å². The highest BCUT2D eigenvalue weighted by atomic mass is 79.9. The molecular weight excluding hydrogens is 296 g/mol. The SMILES string of the molecule is Cc1ccc(NC(=O)c2ccc(Br)c(O)c2)cn1. The number of aromatic hydroxyl groups is 1. The van der Waals surface area contributed by atoms with Crippen LogP contribution >= 0.6 is 15.9 Å². The Bertz CT molecular complexity index is 582. The van der Waals surface area contributed by atoms with Crippen LogP contribution in [0.3, 0.4) is 0 Å². The Morgan fingerprint density at radius 3 is 2.72 bits per heavy atom. The molecule has 0 atom stereocenters. The number of phenolic OH excluding ortho intramolecular Hbond substituents is 1. The number of halogens is 1. The average molecular weight is 307 g/mol. The molecule has 0 aliphatic rings. The summed E-state index contributed by atoms with van der Waals surface area (Å²) in [5, 5.41) is 12.2. The van der Waals surface area contributed by atoms with Crippen LogP contribution in [0.25, 0.3) is 0 Å². The van der Waals surface area contributed by atoms with Crippen molar-refractivity contribution in [1.82, 2.24) is 4.98 Å². The zero-order chi connectivity index (χ0) is 13.1. The van der Waals surface area contributed by atoms with Gasteiger partial charge in [-0.05, 0) is 53.2 Å². The van der Waals surface area contributed by atoms with Gasteiger partial charge < -0.3 is 10.4 Å². The fraction of sp³-hybridized carbons (Fsp3) is 0.0769. The maximum Gasteiger partial charge on any atom is 0.255 e. The monoisotopic (exact) mass is 306 g/mol. The third-order valence-electron chi connectivity index (χ3n) is 2.38. The summed E-state index contributed by atoms with van der Waals surface area (Å²) in [5.74, 6) is -0.256. The number of carbonyl (C=O) groups is 1.